The van der Waals surface area contributed by atoms with Gasteiger partial charge in [-0.2, -0.15) is 0 Å². The van der Waals surface area contributed by atoms with Crippen LogP contribution in [0.1, 0.15) is 20.8 Å². The molecule has 2 aromatic rings. The predicted molar refractivity (Wildman–Crippen MR) is 69.5 cm³/mol. The largest absolute Gasteiger partial charge is 0.206 e. The van der Waals surface area contributed by atoms with Crippen molar-refractivity contribution in [2.75, 3.05) is 0 Å². The maximum atomic E-state index is 13.6. The molecule has 0 amide bonds. The van der Waals surface area contributed by atoms with E-state index in [-0.39, 0.29) is 10.6 Å². The fourth-order valence-corrected chi connectivity index (χ4v) is 2.74. The van der Waals surface area contributed by atoms with Crippen LogP contribution >= 0.6 is 11.8 Å². The van der Waals surface area contributed by atoms with Crippen molar-refractivity contribution in [2.45, 2.75) is 30.4 Å². The molecule has 0 unspecified atom stereocenters. The van der Waals surface area contributed by atoms with E-state index in [2.05, 4.69) is 20.8 Å². The van der Waals surface area contributed by atoms with E-state index in [1.165, 1.54) is 0 Å². The van der Waals surface area contributed by atoms with Crippen LogP contribution in [0.2, 0.25) is 0 Å². The second-order valence-electron chi connectivity index (χ2n) is 4.81. The fraction of sp³-hybridized carbons (Fsp3) is 0.286. The highest BCUT2D eigenvalue weighted by molar-refractivity contribution is 8.00. The van der Waals surface area contributed by atoms with Crippen LogP contribution in [-0.4, -0.2) is 4.75 Å². The average molecular weight is 234 g/mol. The zero-order valence-electron chi connectivity index (χ0n) is 9.75. The molecule has 0 saturated heterocycles. The summed E-state index contributed by atoms with van der Waals surface area (Å²) in [6.07, 6.45) is 0. The van der Waals surface area contributed by atoms with Gasteiger partial charge in [0.1, 0.15) is 5.82 Å². The summed E-state index contributed by atoms with van der Waals surface area (Å²) in [5.41, 5.74) is 0. The summed E-state index contributed by atoms with van der Waals surface area (Å²) in [7, 11) is 0. The Labute approximate surface area is 99.9 Å². The van der Waals surface area contributed by atoms with E-state index in [9.17, 15) is 4.39 Å². The van der Waals surface area contributed by atoms with Gasteiger partial charge in [-0.05, 0) is 17.5 Å². The Hall–Kier alpha value is -1.02. The maximum absolute atomic E-state index is 13.6. The third-order valence-electron chi connectivity index (χ3n) is 2.25. The second kappa shape index (κ2) is 4.10. The third-order valence-corrected chi connectivity index (χ3v) is 3.44. The molecule has 0 atom stereocenters. The van der Waals surface area contributed by atoms with Gasteiger partial charge < -0.3 is 0 Å². The predicted octanol–water partition coefficient (Wildman–Crippen LogP) is 4.87. The van der Waals surface area contributed by atoms with Crippen molar-refractivity contribution in [3.63, 3.8) is 0 Å². The molecule has 0 spiro atoms. The molecule has 0 nitrogen and oxygen atoms in total. The number of halogens is 1. The van der Waals surface area contributed by atoms with Crippen molar-refractivity contribution >= 4 is 22.5 Å². The standard InChI is InChI=1S/C14H15FS/c1-14(2,3)16-13-9-8-12(15)10-6-4-5-7-11(10)13/h4-9H,1-3H3. The number of hydrogen-bond acceptors (Lipinski definition) is 1. The monoisotopic (exact) mass is 234 g/mol. The minimum atomic E-state index is -0.145. The van der Waals surface area contributed by atoms with E-state index in [1.807, 2.05) is 30.3 Å². The summed E-state index contributed by atoms with van der Waals surface area (Å²) in [6, 6.07) is 11.1. The van der Waals surface area contributed by atoms with Gasteiger partial charge in [0.25, 0.3) is 0 Å². The lowest BCUT2D eigenvalue weighted by Crippen LogP contribution is -2.06. The summed E-state index contributed by atoms with van der Waals surface area (Å²) in [5, 5.41) is 1.71. The summed E-state index contributed by atoms with van der Waals surface area (Å²) < 4.78 is 13.7. The van der Waals surface area contributed by atoms with Gasteiger partial charge in [0.05, 0.1) is 0 Å². The normalized spacial score (nSPS) is 12.0. The molecule has 0 aromatic heterocycles. The molecule has 2 rings (SSSR count). The molecule has 0 heterocycles. The van der Waals surface area contributed by atoms with Crippen LogP contribution in [-0.2, 0) is 0 Å². The lowest BCUT2D eigenvalue weighted by atomic mass is 10.1. The number of thioether (sulfide) groups is 1. The summed E-state index contributed by atoms with van der Waals surface area (Å²) in [6.45, 7) is 6.49. The molecule has 2 aromatic carbocycles. The molecule has 0 aliphatic heterocycles. The molecule has 16 heavy (non-hydrogen) atoms. The summed E-state index contributed by atoms with van der Waals surface area (Å²) >= 11 is 1.77. The topological polar surface area (TPSA) is 0 Å². The first-order valence-electron chi connectivity index (χ1n) is 5.34. The van der Waals surface area contributed by atoms with Gasteiger partial charge in [0.15, 0.2) is 0 Å². The second-order valence-corrected chi connectivity index (χ2v) is 6.67. The van der Waals surface area contributed by atoms with Gasteiger partial charge in [-0.3, -0.25) is 0 Å². The number of fused-ring (bicyclic) bond motifs is 1. The van der Waals surface area contributed by atoms with Crippen LogP contribution in [0.5, 0.6) is 0 Å². The Kier molecular flexibility index (Phi) is 2.94. The minimum absolute atomic E-state index is 0.139. The summed E-state index contributed by atoms with van der Waals surface area (Å²) in [4.78, 5) is 1.14. The fourth-order valence-electron chi connectivity index (χ4n) is 1.65. The minimum Gasteiger partial charge on any atom is -0.206 e. The van der Waals surface area contributed by atoms with Crippen LogP contribution in [0, 0.1) is 5.82 Å². The molecule has 0 N–H and O–H groups in total. The molecule has 0 saturated carbocycles. The Bertz CT molecular complexity index is 512. The van der Waals surface area contributed by atoms with Gasteiger partial charge >= 0.3 is 0 Å². The molecule has 0 fully saturated rings. The van der Waals surface area contributed by atoms with Gasteiger partial charge in [0, 0.05) is 15.0 Å². The molecule has 84 valence electrons. The van der Waals surface area contributed by atoms with Crippen molar-refractivity contribution in [3.8, 4) is 0 Å². The molecular weight excluding hydrogens is 219 g/mol. The highest BCUT2D eigenvalue weighted by Crippen LogP contribution is 2.37. The quantitative estimate of drug-likeness (QED) is 0.634. The summed E-state index contributed by atoms with van der Waals surface area (Å²) in [5.74, 6) is -0.145. The van der Waals surface area contributed by atoms with Crippen molar-refractivity contribution in [1.29, 1.82) is 0 Å². The Balaban J connectivity index is 2.59. The number of benzene rings is 2. The first-order valence-corrected chi connectivity index (χ1v) is 6.15. The molecule has 0 aliphatic carbocycles. The van der Waals surface area contributed by atoms with Crippen molar-refractivity contribution < 1.29 is 4.39 Å². The third kappa shape index (κ3) is 2.38. The van der Waals surface area contributed by atoms with Crippen molar-refractivity contribution in [3.05, 3.63) is 42.2 Å². The van der Waals surface area contributed by atoms with Crippen LogP contribution in [0.3, 0.4) is 0 Å². The van der Waals surface area contributed by atoms with E-state index in [4.69, 9.17) is 0 Å². The number of hydrogen-bond donors (Lipinski definition) is 0. The van der Waals surface area contributed by atoms with E-state index < -0.39 is 0 Å². The van der Waals surface area contributed by atoms with Gasteiger partial charge in [-0.25, -0.2) is 4.39 Å². The molecule has 0 bridgehead atoms. The van der Waals surface area contributed by atoms with Crippen LogP contribution in [0.15, 0.2) is 41.3 Å². The Morgan fingerprint density at radius 1 is 0.938 bits per heavy atom. The van der Waals surface area contributed by atoms with E-state index in [0.717, 1.165) is 10.3 Å². The smallest absolute Gasteiger partial charge is 0.131 e. The van der Waals surface area contributed by atoms with Gasteiger partial charge in [0.2, 0.25) is 0 Å². The molecule has 2 heteroatoms. The van der Waals surface area contributed by atoms with E-state index in [0.29, 0.717) is 5.39 Å². The van der Waals surface area contributed by atoms with E-state index >= 15 is 0 Å². The SMILES string of the molecule is CC(C)(C)Sc1ccc(F)c2ccccc12. The first kappa shape index (κ1) is 11.5. The van der Waals surface area contributed by atoms with Crippen LogP contribution < -0.4 is 0 Å². The van der Waals surface area contributed by atoms with E-state index in [1.54, 1.807) is 17.8 Å². The Morgan fingerprint density at radius 3 is 2.19 bits per heavy atom. The lowest BCUT2D eigenvalue weighted by Gasteiger charge is -2.19. The Morgan fingerprint density at radius 2 is 1.56 bits per heavy atom. The maximum Gasteiger partial charge on any atom is 0.131 e. The number of rotatable bonds is 1. The van der Waals surface area contributed by atoms with Gasteiger partial charge in [-0.15, -0.1) is 11.8 Å². The van der Waals surface area contributed by atoms with Gasteiger partial charge in [-0.1, -0.05) is 45.0 Å². The molecular formula is C14H15FS. The molecule has 0 aliphatic rings. The first-order chi connectivity index (χ1) is 7.47. The highest BCUT2D eigenvalue weighted by atomic mass is 32.2. The zero-order valence-corrected chi connectivity index (χ0v) is 10.6. The van der Waals surface area contributed by atoms with Crippen molar-refractivity contribution in [2.24, 2.45) is 0 Å². The highest BCUT2D eigenvalue weighted by Gasteiger charge is 2.14. The lowest BCUT2D eigenvalue weighted by molar-refractivity contribution is 0.639. The van der Waals surface area contributed by atoms with Crippen LogP contribution in [0.4, 0.5) is 4.39 Å². The van der Waals surface area contributed by atoms with Crippen LogP contribution in [0.25, 0.3) is 10.8 Å². The van der Waals surface area contributed by atoms with Crippen molar-refractivity contribution in [1.82, 2.24) is 0 Å². The zero-order chi connectivity index (χ0) is 11.8. The average Bonchev–Trinajstić information content (AvgIpc) is 2.21. The molecule has 0 radical (unpaired) electrons.